The zero-order valence-corrected chi connectivity index (χ0v) is 12.8. The lowest BCUT2D eigenvalue weighted by molar-refractivity contribution is 0.158. The summed E-state index contributed by atoms with van der Waals surface area (Å²) in [6.45, 7) is 3.63. The highest BCUT2D eigenvalue weighted by Gasteiger charge is 1.99. The summed E-state index contributed by atoms with van der Waals surface area (Å²) in [4.78, 5) is 11.3. The fourth-order valence-electron chi connectivity index (χ4n) is 1.45. The molecule has 0 atom stereocenters. The Kier molecular flexibility index (Phi) is 9.26. The van der Waals surface area contributed by atoms with Crippen molar-refractivity contribution in [2.75, 3.05) is 19.8 Å². The Hall–Kier alpha value is -1.59. The first-order chi connectivity index (χ1) is 9.83. The van der Waals surface area contributed by atoms with Crippen LogP contribution in [-0.2, 0) is 9.16 Å². The average Bonchev–Trinajstić information content (AvgIpc) is 2.48. The van der Waals surface area contributed by atoms with Crippen molar-refractivity contribution in [3.8, 4) is 0 Å². The number of hydrogen-bond acceptors (Lipinski definition) is 3. The smallest absolute Gasteiger partial charge is 0.407 e. The first-order valence-electron chi connectivity index (χ1n) is 6.79. The molecule has 0 unspecified atom stereocenters. The quantitative estimate of drug-likeness (QED) is 0.562. The van der Waals surface area contributed by atoms with Crippen molar-refractivity contribution in [3.63, 3.8) is 0 Å². The van der Waals surface area contributed by atoms with Crippen LogP contribution in [0.15, 0.2) is 36.4 Å². The predicted octanol–water partition coefficient (Wildman–Crippen LogP) is 2.89. The van der Waals surface area contributed by atoms with Gasteiger partial charge in [0, 0.05) is 13.2 Å². The van der Waals surface area contributed by atoms with E-state index in [1.54, 1.807) is 0 Å². The van der Waals surface area contributed by atoms with E-state index in [1.807, 2.05) is 49.4 Å². The van der Waals surface area contributed by atoms with Gasteiger partial charge in [-0.1, -0.05) is 36.4 Å². The fraction of sp³-hybridized carbons (Fsp3) is 0.400. The molecule has 1 aromatic carbocycles. The summed E-state index contributed by atoms with van der Waals surface area (Å²) < 4.78 is 10.3. The predicted molar refractivity (Wildman–Crippen MR) is 81.6 cm³/mol. The van der Waals surface area contributed by atoms with Crippen LogP contribution < -0.4 is 5.32 Å². The van der Waals surface area contributed by atoms with Crippen LogP contribution in [0, 0.1) is 0 Å². The molecule has 0 aliphatic heterocycles. The van der Waals surface area contributed by atoms with Crippen molar-refractivity contribution in [1.29, 1.82) is 0 Å². The second kappa shape index (κ2) is 11.3. The van der Waals surface area contributed by atoms with Gasteiger partial charge in [-0.05, 0) is 31.0 Å². The molecule has 1 aromatic rings. The number of alkyl carbamates (subject to hydrolysis) is 1. The molecule has 2 radical (unpaired) electrons. The third kappa shape index (κ3) is 8.50. The summed E-state index contributed by atoms with van der Waals surface area (Å²) in [6, 6.07) is 10.9. The highest BCUT2D eigenvalue weighted by molar-refractivity contribution is 6.26. The van der Waals surface area contributed by atoms with Crippen LogP contribution in [0.4, 0.5) is 4.79 Å². The molecular formula is C15H21NO3Si. The Morgan fingerprint density at radius 2 is 2.15 bits per heavy atom. The van der Waals surface area contributed by atoms with Crippen molar-refractivity contribution in [2.45, 2.75) is 19.4 Å². The first-order valence-corrected chi connectivity index (χ1v) is 7.91. The van der Waals surface area contributed by atoms with Crippen LogP contribution in [0.1, 0.15) is 18.9 Å². The van der Waals surface area contributed by atoms with E-state index >= 15 is 0 Å². The van der Waals surface area contributed by atoms with Gasteiger partial charge in [0.1, 0.15) is 6.61 Å². The second-order valence-electron chi connectivity index (χ2n) is 4.02. The Morgan fingerprint density at radius 3 is 2.90 bits per heavy atom. The van der Waals surface area contributed by atoms with Gasteiger partial charge in [0.15, 0.2) is 0 Å². The minimum atomic E-state index is -0.373. The first kappa shape index (κ1) is 16.5. The molecule has 0 heterocycles. The van der Waals surface area contributed by atoms with Gasteiger partial charge < -0.3 is 14.5 Å². The molecule has 0 saturated carbocycles. The topological polar surface area (TPSA) is 47.6 Å². The van der Waals surface area contributed by atoms with E-state index in [9.17, 15) is 4.79 Å². The lowest BCUT2D eigenvalue weighted by Gasteiger charge is -2.04. The number of carbonyl (C=O) groups excluding carboxylic acids is 1. The lowest BCUT2D eigenvalue weighted by Crippen LogP contribution is -2.25. The van der Waals surface area contributed by atoms with Crippen molar-refractivity contribution in [1.82, 2.24) is 5.32 Å². The Labute approximate surface area is 123 Å². The Bertz CT molecular complexity index is 395. The number of hydrogen-bond donors (Lipinski definition) is 1. The summed E-state index contributed by atoms with van der Waals surface area (Å²) in [5, 5.41) is 2.71. The maximum Gasteiger partial charge on any atom is 0.407 e. The van der Waals surface area contributed by atoms with Gasteiger partial charge in [0.25, 0.3) is 0 Å². The summed E-state index contributed by atoms with van der Waals surface area (Å²) >= 11 is 0. The molecular weight excluding hydrogens is 270 g/mol. The highest BCUT2D eigenvalue weighted by Crippen LogP contribution is 2.00. The van der Waals surface area contributed by atoms with Crippen LogP contribution in [-0.4, -0.2) is 35.6 Å². The summed E-state index contributed by atoms with van der Waals surface area (Å²) in [5.74, 6) is 0. The van der Waals surface area contributed by atoms with Gasteiger partial charge in [-0.3, -0.25) is 0 Å². The van der Waals surface area contributed by atoms with E-state index in [0.29, 0.717) is 16.3 Å². The normalized spacial score (nSPS) is 10.7. The van der Waals surface area contributed by atoms with Crippen LogP contribution in [0.25, 0.3) is 6.08 Å². The summed E-state index contributed by atoms with van der Waals surface area (Å²) in [5.41, 5.74) is 1.09. The van der Waals surface area contributed by atoms with Crippen molar-refractivity contribution < 1.29 is 14.0 Å². The molecule has 0 bridgehead atoms. The molecule has 108 valence electrons. The molecule has 0 aromatic heterocycles. The van der Waals surface area contributed by atoms with Crippen LogP contribution in [0.5, 0.6) is 0 Å². The molecule has 4 nitrogen and oxygen atoms in total. The second-order valence-corrected chi connectivity index (χ2v) is 5.10. The van der Waals surface area contributed by atoms with Gasteiger partial charge in [0.05, 0.1) is 0 Å². The van der Waals surface area contributed by atoms with Crippen LogP contribution in [0.3, 0.4) is 0 Å². The van der Waals surface area contributed by atoms with E-state index in [4.69, 9.17) is 9.16 Å². The number of benzene rings is 1. The zero-order chi connectivity index (χ0) is 14.5. The van der Waals surface area contributed by atoms with Crippen molar-refractivity contribution in [3.05, 3.63) is 42.0 Å². The third-order valence-corrected chi connectivity index (χ3v) is 3.44. The molecule has 5 heteroatoms. The number of amides is 1. The molecule has 0 aliphatic rings. The molecule has 0 aliphatic carbocycles. The van der Waals surface area contributed by atoms with E-state index in [1.165, 1.54) is 0 Å². The van der Waals surface area contributed by atoms with Gasteiger partial charge >= 0.3 is 6.09 Å². The maximum atomic E-state index is 11.3. The van der Waals surface area contributed by atoms with Gasteiger partial charge in [-0.15, -0.1) is 0 Å². The van der Waals surface area contributed by atoms with E-state index in [-0.39, 0.29) is 12.7 Å². The molecule has 1 rings (SSSR count). The SMILES string of the molecule is CCO[Si]CCCNC(=O)OC/C=C/c1ccccc1. The van der Waals surface area contributed by atoms with Crippen LogP contribution >= 0.6 is 0 Å². The largest absolute Gasteiger partial charge is 0.445 e. The van der Waals surface area contributed by atoms with Crippen LogP contribution in [0.2, 0.25) is 6.04 Å². The Morgan fingerprint density at radius 1 is 1.35 bits per heavy atom. The van der Waals surface area contributed by atoms with Gasteiger partial charge in [-0.25, -0.2) is 4.79 Å². The van der Waals surface area contributed by atoms with E-state index in [2.05, 4.69) is 5.32 Å². The van der Waals surface area contributed by atoms with Gasteiger partial charge in [0.2, 0.25) is 9.76 Å². The molecule has 1 amide bonds. The Balaban J connectivity index is 2.01. The summed E-state index contributed by atoms with van der Waals surface area (Å²) in [6.07, 6.45) is 4.29. The lowest BCUT2D eigenvalue weighted by atomic mass is 10.2. The molecule has 0 fully saturated rings. The number of carbonyl (C=O) groups is 1. The van der Waals surface area contributed by atoms with Crippen molar-refractivity contribution >= 4 is 21.9 Å². The monoisotopic (exact) mass is 291 g/mol. The average molecular weight is 291 g/mol. The fourth-order valence-corrected chi connectivity index (χ4v) is 2.12. The number of nitrogens with one attached hydrogen (secondary N) is 1. The van der Waals surface area contributed by atoms with E-state index < -0.39 is 0 Å². The minimum absolute atomic E-state index is 0.279. The molecule has 1 N–H and O–H groups in total. The maximum absolute atomic E-state index is 11.3. The highest BCUT2D eigenvalue weighted by atomic mass is 28.2. The summed E-state index contributed by atoms with van der Waals surface area (Å²) in [7, 11) is 0.517. The molecule has 20 heavy (non-hydrogen) atoms. The minimum Gasteiger partial charge on any atom is -0.445 e. The standard InChI is InChI=1S/C15H21NO3Si/c1-2-19-20-13-7-11-16-15(17)18-12-6-10-14-8-4-3-5-9-14/h3-6,8-10H,2,7,11-13H2,1H3,(H,16,17)/b10-6+. The molecule has 0 spiro atoms. The molecule has 0 saturated heterocycles. The zero-order valence-electron chi connectivity index (χ0n) is 11.8. The third-order valence-electron chi connectivity index (χ3n) is 2.39. The van der Waals surface area contributed by atoms with Crippen molar-refractivity contribution in [2.24, 2.45) is 0 Å². The van der Waals surface area contributed by atoms with Gasteiger partial charge in [-0.2, -0.15) is 0 Å². The number of rotatable bonds is 9. The number of ether oxygens (including phenoxy) is 1. The van der Waals surface area contributed by atoms with E-state index in [0.717, 1.165) is 24.6 Å².